The molecule has 0 fully saturated rings. The third kappa shape index (κ3) is 5.31. The van der Waals surface area contributed by atoms with Crippen LogP contribution in [-0.2, 0) is 12.3 Å². The van der Waals surface area contributed by atoms with E-state index in [-0.39, 0.29) is 0 Å². The van der Waals surface area contributed by atoms with Crippen molar-refractivity contribution in [3.8, 4) is 0 Å². The van der Waals surface area contributed by atoms with Crippen LogP contribution >= 0.6 is 11.8 Å². The molecule has 4 heteroatoms. The summed E-state index contributed by atoms with van der Waals surface area (Å²) in [5.41, 5.74) is 1.32. The van der Waals surface area contributed by atoms with Gasteiger partial charge in [0.15, 0.2) is 0 Å². The summed E-state index contributed by atoms with van der Waals surface area (Å²) in [6.07, 6.45) is 3.57. The lowest BCUT2D eigenvalue weighted by atomic mass is 10.2. The van der Waals surface area contributed by atoms with Gasteiger partial charge in [-0.15, -0.1) is 11.8 Å². The standard InChI is InChI=1S/C16H21N3S/c1-13(2)10-17-11-14-5-3-6-15(9-14)20-12-16-18-7-4-8-19-16/h3-9,13,17H,10-12H2,1-2H3. The van der Waals surface area contributed by atoms with E-state index in [0.29, 0.717) is 5.92 Å². The van der Waals surface area contributed by atoms with Crippen molar-refractivity contribution in [1.82, 2.24) is 15.3 Å². The summed E-state index contributed by atoms with van der Waals surface area (Å²) in [6.45, 7) is 6.42. The molecule has 0 radical (unpaired) electrons. The highest BCUT2D eigenvalue weighted by Crippen LogP contribution is 2.22. The summed E-state index contributed by atoms with van der Waals surface area (Å²) in [4.78, 5) is 9.75. The van der Waals surface area contributed by atoms with Crippen LogP contribution in [0.15, 0.2) is 47.6 Å². The van der Waals surface area contributed by atoms with Crippen LogP contribution < -0.4 is 5.32 Å². The molecule has 0 aliphatic rings. The van der Waals surface area contributed by atoms with E-state index in [9.17, 15) is 0 Å². The van der Waals surface area contributed by atoms with E-state index in [2.05, 4.69) is 53.4 Å². The van der Waals surface area contributed by atoms with E-state index in [4.69, 9.17) is 0 Å². The van der Waals surface area contributed by atoms with Gasteiger partial charge in [-0.05, 0) is 36.2 Å². The molecule has 1 aromatic heterocycles. The maximum Gasteiger partial charge on any atom is 0.138 e. The summed E-state index contributed by atoms with van der Waals surface area (Å²) < 4.78 is 0. The van der Waals surface area contributed by atoms with Crippen molar-refractivity contribution in [3.05, 3.63) is 54.1 Å². The zero-order chi connectivity index (χ0) is 14.2. The zero-order valence-corrected chi connectivity index (χ0v) is 12.9. The summed E-state index contributed by atoms with van der Waals surface area (Å²) >= 11 is 1.77. The number of hydrogen-bond donors (Lipinski definition) is 1. The Hall–Kier alpha value is -1.39. The smallest absolute Gasteiger partial charge is 0.138 e. The highest BCUT2D eigenvalue weighted by Gasteiger charge is 2.00. The SMILES string of the molecule is CC(C)CNCc1cccc(SCc2ncccn2)c1. The van der Waals surface area contributed by atoms with Crippen molar-refractivity contribution in [2.24, 2.45) is 5.92 Å². The Bertz CT molecular complexity index is 514. The molecule has 0 spiro atoms. The fraction of sp³-hybridized carbons (Fsp3) is 0.375. The van der Waals surface area contributed by atoms with Gasteiger partial charge in [0.25, 0.3) is 0 Å². The molecule has 1 heterocycles. The summed E-state index contributed by atoms with van der Waals surface area (Å²) in [5.74, 6) is 2.37. The van der Waals surface area contributed by atoms with Gasteiger partial charge in [0.2, 0.25) is 0 Å². The first-order valence-corrected chi connectivity index (χ1v) is 7.91. The highest BCUT2D eigenvalue weighted by atomic mass is 32.2. The third-order valence-electron chi connectivity index (χ3n) is 2.77. The Labute approximate surface area is 125 Å². The van der Waals surface area contributed by atoms with E-state index in [1.807, 2.05) is 6.07 Å². The second kappa shape index (κ2) is 8.02. The van der Waals surface area contributed by atoms with E-state index < -0.39 is 0 Å². The first-order valence-electron chi connectivity index (χ1n) is 6.92. The van der Waals surface area contributed by atoms with Crippen LogP contribution in [0.4, 0.5) is 0 Å². The summed E-state index contributed by atoms with van der Waals surface area (Å²) in [6, 6.07) is 10.5. The number of nitrogens with one attached hydrogen (secondary N) is 1. The molecule has 0 aliphatic heterocycles. The van der Waals surface area contributed by atoms with Crippen LogP contribution in [0.1, 0.15) is 25.2 Å². The van der Waals surface area contributed by atoms with Crippen LogP contribution in [0, 0.1) is 5.92 Å². The molecule has 1 aromatic carbocycles. The van der Waals surface area contributed by atoms with Crippen molar-refractivity contribution < 1.29 is 0 Å². The zero-order valence-electron chi connectivity index (χ0n) is 12.0. The van der Waals surface area contributed by atoms with Crippen LogP contribution in [0.3, 0.4) is 0 Å². The molecule has 0 aliphatic carbocycles. The first kappa shape index (κ1) is 15.0. The van der Waals surface area contributed by atoms with E-state index in [1.165, 1.54) is 10.5 Å². The minimum absolute atomic E-state index is 0.683. The molecule has 3 nitrogen and oxygen atoms in total. The lowest BCUT2D eigenvalue weighted by molar-refractivity contribution is 0.552. The van der Waals surface area contributed by atoms with E-state index in [0.717, 1.165) is 24.7 Å². The number of hydrogen-bond acceptors (Lipinski definition) is 4. The molecule has 0 saturated heterocycles. The number of thioether (sulfide) groups is 1. The summed E-state index contributed by atoms with van der Waals surface area (Å²) in [5, 5.41) is 3.47. The highest BCUT2D eigenvalue weighted by molar-refractivity contribution is 7.98. The van der Waals surface area contributed by atoms with Crippen LogP contribution in [0.2, 0.25) is 0 Å². The Morgan fingerprint density at radius 2 is 1.95 bits per heavy atom. The molecule has 0 amide bonds. The monoisotopic (exact) mass is 287 g/mol. The predicted octanol–water partition coefficient (Wildman–Crippen LogP) is 3.51. The largest absolute Gasteiger partial charge is 0.312 e. The molecule has 1 N–H and O–H groups in total. The van der Waals surface area contributed by atoms with E-state index in [1.54, 1.807) is 24.2 Å². The maximum atomic E-state index is 4.24. The van der Waals surface area contributed by atoms with Gasteiger partial charge in [-0.25, -0.2) is 9.97 Å². The number of rotatable bonds is 7. The van der Waals surface area contributed by atoms with E-state index >= 15 is 0 Å². The Morgan fingerprint density at radius 1 is 1.15 bits per heavy atom. The predicted molar refractivity (Wildman–Crippen MR) is 84.6 cm³/mol. The number of aromatic nitrogens is 2. The topological polar surface area (TPSA) is 37.8 Å². The first-order chi connectivity index (χ1) is 9.74. The van der Waals surface area contributed by atoms with Crippen molar-refractivity contribution in [2.45, 2.75) is 31.0 Å². The van der Waals surface area contributed by atoms with Gasteiger partial charge in [0.05, 0.1) is 5.75 Å². The maximum absolute atomic E-state index is 4.24. The average molecular weight is 287 g/mol. The molecule has 2 aromatic rings. The quantitative estimate of drug-likeness (QED) is 0.791. The van der Waals surface area contributed by atoms with Crippen LogP contribution in [-0.4, -0.2) is 16.5 Å². The molecule has 106 valence electrons. The number of benzene rings is 1. The van der Waals surface area contributed by atoms with Gasteiger partial charge >= 0.3 is 0 Å². The Morgan fingerprint density at radius 3 is 2.70 bits per heavy atom. The number of nitrogens with zero attached hydrogens (tertiary/aromatic N) is 2. The van der Waals surface area contributed by atoms with Gasteiger partial charge in [-0.2, -0.15) is 0 Å². The molecule has 0 atom stereocenters. The van der Waals surface area contributed by atoms with Crippen molar-refractivity contribution >= 4 is 11.8 Å². The van der Waals surface area contributed by atoms with Crippen LogP contribution in [0.5, 0.6) is 0 Å². The van der Waals surface area contributed by atoms with Gasteiger partial charge in [-0.1, -0.05) is 26.0 Å². The Kier molecular flexibility index (Phi) is 6.02. The molecule has 20 heavy (non-hydrogen) atoms. The minimum atomic E-state index is 0.683. The third-order valence-corrected chi connectivity index (χ3v) is 3.76. The molecular formula is C16H21N3S. The van der Waals surface area contributed by atoms with Crippen molar-refractivity contribution in [1.29, 1.82) is 0 Å². The Balaban J connectivity index is 1.86. The molecule has 0 saturated carbocycles. The summed E-state index contributed by atoms with van der Waals surface area (Å²) in [7, 11) is 0. The molecule has 0 bridgehead atoms. The lowest BCUT2D eigenvalue weighted by Gasteiger charge is -2.08. The van der Waals surface area contributed by atoms with Crippen molar-refractivity contribution in [2.75, 3.05) is 6.54 Å². The fourth-order valence-corrected chi connectivity index (χ4v) is 2.66. The normalized spacial score (nSPS) is 10.9. The average Bonchev–Trinajstić information content (AvgIpc) is 2.46. The molecule has 0 unspecified atom stereocenters. The van der Waals surface area contributed by atoms with Gasteiger partial charge in [0, 0.05) is 23.8 Å². The lowest BCUT2D eigenvalue weighted by Crippen LogP contribution is -2.18. The minimum Gasteiger partial charge on any atom is -0.312 e. The molecule has 2 rings (SSSR count). The van der Waals surface area contributed by atoms with Gasteiger partial charge in [0.1, 0.15) is 5.82 Å². The van der Waals surface area contributed by atoms with Crippen LogP contribution in [0.25, 0.3) is 0 Å². The second-order valence-corrected chi connectivity index (χ2v) is 6.17. The molecular weight excluding hydrogens is 266 g/mol. The van der Waals surface area contributed by atoms with Crippen molar-refractivity contribution in [3.63, 3.8) is 0 Å². The second-order valence-electron chi connectivity index (χ2n) is 5.13. The fourth-order valence-electron chi connectivity index (χ4n) is 1.80. The van der Waals surface area contributed by atoms with Gasteiger partial charge < -0.3 is 5.32 Å². The van der Waals surface area contributed by atoms with Gasteiger partial charge in [-0.3, -0.25) is 0 Å².